The van der Waals surface area contributed by atoms with E-state index >= 15 is 0 Å². The van der Waals surface area contributed by atoms with Crippen LogP contribution in [0.3, 0.4) is 0 Å². The number of sulfone groups is 1. The molecule has 1 heterocycles. The summed E-state index contributed by atoms with van der Waals surface area (Å²) in [4.78, 5) is 0. The van der Waals surface area contributed by atoms with Gasteiger partial charge in [-0.05, 0) is 25.8 Å². The molecule has 15 heavy (non-hydrogen) atoms. The van der Waals surface area contributed by atoms with Crippen molar-refractivity contribution in [3.05, 3.63) is 12.7 Å². The van der Waals surface area contributed by atoms with Crippen LogP contribution in [0.5, 0.6) is 0 Å². The van der Waals surface area contributed by atoms with Crippen LogP contribution in [0.4, 0.5) is 0 Å². The van der Waals surface area contributed by atoms with Gasteiger partial charge in [-0.15, -0.1) is 6.58 Å². The van der Waals surface area contributed by atoms with Crippen LogP contribution in [0, 0.1) is 0 Å². The van der Waals surface area contributed by atoms with E-state index in [4.69, 9.17) is 0 Å². The number of nitrogens with one attached hydrogen (secondary N) is 1. The van der Waals surface area contributed by atoms with Gasteiger partial charge in [0.25, 0.3) is 0 Å². The van der Waals surface area contributed by atoms with Crippen molar-refractivity contribution >= 4 is 9.84 Å². The van der Waals surface area contributed by atoms with Crippen molar-refractivity contribution < 1.29 is 8.42 Å². The van der Waals surface area contributed by atoms with Gasteiger partial charge >= 0.3 is 0 Å². The summed E-state index contributed by atoms with van der Waals surface area (Å²) in [5.41, 5.74) is 0. The average molecular weight is 231 g/mol. The lowest BCUT2D eigenvalue weighted by molar-refractivity contribution is 0.445. The summed E-state index contributed by atoms with van der Waals surface area (Å²) in [5, 5.41) is 3.05. The van der Waals surface area contributed by atoms with Gasteiger partial charge in [-0.25, -0.2) is 8.42 Å². The van der Waals surface area contributed by atoms with Crippen molar-refractivity contribution in [3.63, 3.8) is 0 Å². The minimum atomic E-state index is -2.88. The largest absolute Gasteiger partial charge is 0.313 e. The lowest BCUT2D eigenvalue weighted by Crippen LogP contribution is -2.46. The number of rotatable bonds is 5. The molecule has 4 heteroatoms. The van der Waals surface area contributed by atoms with Crippen molar-refractivity contribution in [2.24, 2.45) is 0 Å². The van der Waals surface area contributed by atoms with Gasteiger partial charge in [0, 0.05) is 6.04 Å². The predicted octanol–water partition coefficient (Wildman–Crippen LogP) is 1.51. The molecule has 0 amide bonds. The van der Waals surface area contributed by atoms with E-state index < -0.39 is 9.84 Å². The Hall–Kier alpha value is -0.350. The van der Waals surface area contributed by atoms with E-state index in [1.54, 1.807) is 6.08 Å². The topological polar surface area (TPSA) is 46.2 Å². The summed E-state index contributed by atoms with van der Waals surface area (Å²) in [5.74, 6) is 0.358. The van der Waals surface area contributed by atoms with Crippen LogP contribution in [-0.2, 0) is 9.84 Å². The molecule has 1 saturated heterocycles. The Morgan fingerprint density at radius 2 is 2.27 bits per heavy atom. The molecule has 2 atom stereocenters. The molecule has 0 aliphatic carbocycles. The molecule has 0 aromatic carbocycles. The second kappa shape index (κ2) is 5.66. The molecule has 0 saturated carbocycles. The fraction of sp³-hybridized carbons (Fsp3) is 0.818. The highest BCUT2D eigenvalue weighted by molar-refractivity contribution is 7.92. The van der Waals surface area contributed by atoms with Crippen molar-refractivity contribution in [2.75, 3.05) is 12.3 Å². The average Bonchev–Trinajstić information content (AvgIpc) is 2.17. The fourth-order valence-corrected chi connectivity index (χ4v) is 4.38. The molecular formula is C11H21NO2S. The van der Waals surface area contributed by atoms with Crippen LogP contribution in [-0.4, -0.2) is 32.0 Å². The summed E-state index contributed by atoms with van der Waals surface area (Å²) >= 11 is 0. The Kier molecular flexibility index (Phi) is 4.80. The summed E-state index contributed by atoms with van der Waals surface area (Å²) in [6, 6.07) is 0.0535. The second-order valence-corrected chi connectivity index (χ2v) is 6.43. The minimum absolute atomic E-state index is 0.0535. The highest BCUT2D eigenvalue weighted by Gasteiger charge is 2.34. The lowest BCUT2D eigenvalue weighted by atomic mass is 10.0. The SMILES string of the molecule is C=CCC(NCC)C1CCCCS1(=O)=O. The quantitative estimate of drug-likeness (QED) is 0.730. The molecule has 0 aromatic heterocycles. The van der Waals surface area contributed by atoms with Crippen LogP contribution in [0.15, 0.2) is 12.7 Å². The third-order valence-corrected chi connectivity index (χ3v) is 5.31. The standard InChI is InChI=1S/C11H21NO2S/c1-3-7-10(12-4-2)11-8-5-6-9-15(11,13)14/h3,10-12H,1,4-9H2,2H3. The predicted molar refractivity (Wildman–Crippen MR) is 63.7 cm³/mol. The fourth-order valence-electron chi connectivity index (χ4n) is 2.24. The highest BCUT2D eigenvalue weighted by Crippen LogP contribution is 2.23. The zero-order valence-electron chi connectivity index (χ0n) is 9.41. The monoisotopic (exact) mass is 231 g/mol. The second-order valence-electron chi connectivity index (χ2n) is 4.09. The molecule has 1 N–H and O–H groups in total. The molecule has 0 spiro atoms. The van der Waals surface area contributed by atoms with Gasteiger partial charge < -0.3 is 5.32 Å². The third-order valence-electron chi connectivity index (χ3n) is 2.96. The molecule has 0 bridgehead atoms. The minimum Gasteiger partial charge on any atom is -0.313 e. The van der Waals surface area contributed by atoms with E-state index in [9.17, 15) is 8.42 Å². The summed E-state index contributed by atoms with van der Waals surface area (Å²) in [7, 11) is -2.88. The molecular weight excluding hydrogens is 210 g/mol. The van der Waals surface area contributed by atoms with E-state index in [2.05, 4.69) is 11.9 Å². The van der Waals surface area contributed by atoms with Gasteiger partial charge in [0.2, 0.25) is 0 Å². The molecule has 1 aliphatic heterocycles. The Labute approximate surface area is 92.9 Å². The van der Waals surface area contributed by atoms with Gasteiger partial charge in [0.05, 0.1) is 11.0 Å². The maximum atomic E-state index is 11.9. The molecule has 3 nitrogen and oxygen atoms in total. The van der Waals surface area contributed by atoms with Crippen molar-refractivity contribution in [3.8, 4) is 0 Å². The van der Waals surface area contributed by atoms with Crippen molar-refractivity contribution in [1.82, 2.24) is 5.32 Å². The smallest absolute Gasteiger partial charge is 0.154 e. The van der Waals surface area contributed by atoms with Gasteiger partial charge in [-0.3, -0.25) is 0 Å². The Balaban J connectivity index is 2.75. The third kappa shape index (κ3) is 3.31. The highest BCUT2D eigenvalue weighted by atomic mass is 32.2. The number of hydrogen-bond acceptors (Lipinski definition) is 3. The number of hydrogen-bond donors (Lipinski definition) is 1. The van der Waals surface area contributed by atoms with E-state index in [-0.39, 0.29) is 11.3 Å². The van der Waals surface area contributed by atoms with Crippen LogP contribution >= 0.6 is 0 Å². The van der Waals surface area contributed by atoms with Gasteiger partial charge in [-0.2, -0.15) is 0 Å². The first kappa shape index (κ1) is 12.7. The first-order chi connectivity index (χ1) is 7.11. The van der Waals surface area contributed by atoms with E-state index in [0.717, 1.165) is 32.2 Å². The molecule has 0 radical (unpaired) electrons. The summed E-state index contributed by atoms with van der Waals surface area (Å²) in [6.07, 6.45) is 5.19. The molecule has 2 unspecified atom stereocenters. The zero-order valence-corrected chi connectivity index (χ0v) is 10.2. The molecule has 1 fully saturated rings. The van der Waals surface area contributed by atoms with Crippen molar-refractivity contribution in [2.45, 2.75) is 43.9 Å². The van der Waals surface area contributed by atoms with Crippen LogP contribution < -0.4 is 5.32 Å². The maximum Gasteiger partial charge on any atom is 0.154 e. The Morgan fingerprint density at radius 3 is 2.80 bits per heavy atom. The first-order valence-electron chi connectivity index (χ1n) is 5.67. The van der Waals surface area contributed by atoms with Crippen LogP contribution in [0.25, 0.3) is 0 Å². The Morgan fingerprint density at radius 1 is 1.53 bits per heavy atom. The first-order valence-corrected chi connectivity index (χ1v) is 7.39. The molecule has 88 valence electrons. The van der Waals surface area contributed by atoms with Gasteiger partial charge in [0.1, 0.15) is 0 Å². The zero-order chi connectivity index (χ0) is 11.3. The van der Waals surface area contributed by atoms with E-state index in [0.29, 0.717) is 5.75 Å². The normalized spacial score (nSPS) is 27.1. The molecule has 1 aliphatic rings. The summed E-state index contributed by atoms with van der Waals surface area (Å²) < 4.78 is 23.8. The van der Waals surface area contributed by atoms with Crippen LogP contribution in [0.1, 0.15) is 32.6 Å². The Bertz CT molecular complexity index is 298. The van der Waals surface area contributed by atoms with Crippen molar-refractivity contribution in [1.29, 1.82) is 0 Å². The molecule has 1 rings (SSSR count). The summed E-state index contributed by atoms with van der Waals surface area (Å²) in [6.45, 7) is 6.51. The van der Waals surface area contributed by atoms with E-state index in [1.807, 2.05) is 6.92 Å². The lowest BCUT2D eigenvalue weighted by Gasteiger charge is -2.29. The molecule has 0 aromatic rings. The van der Waals surface area contributed by atoms with Crippen LogP contribution in [0.2, 0.25) is 0 Å². The van der Waals surface area contributed by atoms with E-state index in [1.165, 1.54) is 0 Å². The maximum absolute atomic E-state index is 11.9. The van der Waals surface area contributed by atoms with Gasteiger partial charge in [0.15, 0.2) is 9.84 Å². The van der Waals surface area contributed by atoms with Gasteiger partial charge in [-0.1, -0.05) is 19.4 Å².